The quantitative estimate of drug-likeness (QED) is 0.461. The van der Waals surface area contributed by atoms with Gasteiger partial charge in [-0.15, -0.1) is 0 Å². The predicted octanol–water partition coefficient (Wildman–Crippen LogP) is 2.50. The minimum Gasteiger partial charge on any atom is -0.399 e. The van der Waals surface area contributed by atoms with Gasteiger partial charge in [0.1, 0.15) is 5.82 Å². The summed E-state index contributed by atoms with van der Waals surface area (Å²) in [5, 5.41) is 0. The van der Waals surface area contributed by atoms with Gasteiger partial charge in [-0.2, -0.15) is 0 Å². The number of hydrogen-bond acceptors (Lipinski definition) is 3. The number of anilines is 1. The van der Waals surface area contributed by atoms with Gasteiger partial charge in [-0.1, -0.05) is 0 Å². The largest absolute Gasteiger partial charge is 0.399 e. The molecular weight excluding hydrogens is 205 g/mol. The zero-order chi connectivity index (χ0) is 11.1. The van der Waals surface area contributed by atoms with E-state index < -0.39 is 0 Å². The van der Waals surface area contributed by atoms with Gasteiger partial charge in [0.25, 0.3) is 0 Å². The van der Waals surface area contributed by atoms with Crippen LogP contribution in [0.3, 0.4) is 0 Å². The van der Waals surface area contributed by atoms with E-state index >= 15 is 0 Å². The molecule has 0 amide bonds. The Balaban J connectivity index is 2.44. The molecule has 0 aliphatic heterocycles. The average Bonchev–Trinajstić information content (AvgIpc) is 2.26. The summed E-state index contributed by atoms with van der Waals surface area (Å²) in [6, 6.07) is 9.64. The molecule has 3 aromatic rings. The van der Waals surface area contributed by atoms with Gasteiger partial charge in [0.2, 0.25) is 0 Å². The summed E-state index contributed by atoms with van der Waals surface area (Å²) in [4.78, 5) is 8.69. The summed E-state index contributed by atoms with van der Waals surface area (Å²) in [7, 11) is 0. The Bertz CT molecular complexity index is 633. The van der Waals surface area contributed by atoms with Crippen molar-refractivity contribution in [3.05, 3.63) is 42.2 Å². The maximum atomic E-state index is 13.0. The molecule has 78 valence electrons. The molecule has 0 bridgehead atoms. The third-order valence-corrected chi connectivity index (χ3v) is 2.42. The molecule has 4 heteroatoms. The summed E-state index contributed by atoms with van der Waals surface area (Å²) < 4.78 is 13.0. The molecule has 16 heavy (non-hydrogen) atoms. The van der Waals surface area contributed by atoms with Crippen LogP contribution in [0.2, 0.25) is 0 Å². The van der Waals surface area contributed by atoms with Crippen molar-refractivity contribution in [1.29, 1.82) is 0 Å². The Morgan fingerprint density at radius 1 is 0.812 bits per heavy atom. The summed E-state index contributed by atoms with van der Waals surface area (Å²) in [5.74, 6) is -0.309. The topological polar surface area (TPSA) is 51.8 Å². The molecule has 0 saturated carbocycles. The van der Waals surface area contributed by atoms with Crippen molar-refractivity contribution in [2.75, 3.05) is 5.73 Å². The second-order valence-corrected chi connectivity index (χ2v) is 3.60. The average molecular weight is 213 g/mol. The highest BCUT2D eigenvalue weighted by Crippen LogP contribution is 2.18. The van der Waals surface area contributed by atoms with Crippen molar-refractivity contribution < 1.29 is 4.39 Å². The number of rotatable bonds is 0. The highest BCUT2D eigenvalue weighted by atomic mass is 19.1. The molecule has 0 spiro atoms. The molecule has 0 radical (unpaired) electrons. The van der Waals surface area contributed by atoms with Gasteiger partial charge in [0.05, 0.1) is 22.1 Å². The van der Waals surface area contributed by atoms with Crippen LogP contribution in [0.15, 0.2) is 36.4 Å². The van der Waals surface area contributed by atoms with Crippen molar-refractivity contribution in [1.82, 2.24) is 9.97 Å². The first-order chi connectivity index (χ1) is 7.72. The number of nitrogens with zero attached hydrogens (tertiary/aromatic N) is 2. The number of nitrogens with two attached hydrogens (primary N) is 1. The fourth-order valence-corrected chi connectivity index (χ4v) is 1.66. The van der Waals surface area contributed by atoms with Crippen molar-refractivity contribution >= 4 is 27.8 Å². The number of nitrogen functional groups attached to an aromatic ring is 1. The fraction of sp³-hybridized carbons (Fsp3) is 0. The summed E-state index contributed by atoms with van der Waals surface area (Å²) >= 11 is 0. The lowest BCUT2D eigenvalue weighted by molar-refractivity contribution is 0.629. The molecule has 0 fully saturated rings. The van der Waals surface area contributed by atoms with E-state index in [4.69, 9.17) is 5.73 Å². The molecule has 1 aromatic heterocycles. The Morgan fingerprint density at radius 2 is 1.44 bits per heavy atom. The molecule has 0 atom stereocenters. The molecule has 3 nitrogen and oxygen atoms in total. The van der Waals surface area contributed by atoms with Crippen LogP contribution >= 0.6 is 0 Å². The molecule has 1 heterocycles. The van der Waals surface area contributed by atoms with Crippen LogP contribution in [-0.2, 0) is 0 Å². The van der Waals surface area contributed by atoms with Gasteiger partial charge in [0, 0.05) is 11.8 Å². The van der Waals surface area contributed by atoms with Gasteiger partial charge in [-0.3, -0.25) is 0 Å². The van der Waals surface area contributed by atoms with Crippen molar-refractivity contribution in [3.8, 4) is 0 Å². The molecular formula is C12H8FN3. The minimum absolute atomic E-state index is 0.309. The van der Waals surface area contributed by atoms with Crippen LogP contribution in [-0.4, -0.2) is 9.97 Å². The van der Waals surface area contributed by atoms with Crippen LogP contribution in [0.4, 0.5) is 10.1 Å². The van der Waals surface area contributed by atoms with Gasteiger partial charge in [0.15, 0.2) is 0 Å². The van der Waals surface area contributed by atoms with Crippen molar-refractivity contribution in [2.24, 2.45) is 0 Å². The third kappa shape index (κ3) is 1.35. The van der Waals surface area contributed by atoms with Crippen LogP contribution in [0.25, 0.3) is 22.1 Å². The Hall–Kier alpha value is -2.23. The Kier molecular flexibility index (Phi) is 1.77. The van der Waals surface area contributed by atoms with E-state index in [1.54, 1.807) is 24.3 Å². The Labute approximate surface area is 90.7 Å². The van der Waals surface area contributed by atoms with E-state index in [2.05, 4.69) is 9.97 Å². The van der Waals surface area contributed by atoms with Crippen molar-refractivity contribution in [2.45, 2.75) is 0 Å². The number of aromatic nitrogens is 2. The van der Waals surface area contributed by atoms with E-state index in [1.165, 1.54) is 12.1 Å². The molecule has 0 saturated heterocycles. The number of benzene rings is 2. The summed E-state index contributed by atoms with van der Waals surface area (Å²) in [6.07, 6.45) is 0. The lowest BCUT2D eigenvalue weighted by Gasteiger charge is -2.01. The maximum absolute atomic E-state index is 13.0. The SMILES string of the molecule is Nc1ccc2nc3cc(F)ccc3nc2c1. The first-order valence-electron chi connectivity index (χ1n) is 4.85. The Morgan fingerprint density at radius 3 is 2.19 bits per heavy atom. The highest BCUT2D eigenvalue weighted by molar-refractivity contribution is 5.87. The van der Waals surface area contributed by atoms with E-state index in [1.807, 2.05) is 0 Å². The van der Waals surface area contributed by atoms with Crippen molar-refractivity contribution in [3.63, 3.8) is 0 Å². The zero-order valence-electron chi connectivity index (χ0n) is 8.31. The fourth-order valence-electron chi connectivity index (χ4n) is 1.66. The van der Waals surface area contributed by atoms with Crippen LogP contribution < -0.4 is 5.73 Å². The first-order valence-corrected chi connectivity index (χ1v) is 4.85. The second kappa shape index (κ2) is 3.13. The third-order valence-electron chi connectivity index (χ3n) is 2.42. The normalized spacial score (nSPS) is 11.1. The zero-order valence-corrected chi connectivity index (χ0v) is 8.31. The van der Waals surface area contributed by atoms with Gasteiger partial charge < -0.3 is 5.73 Å². The van der Waals surface area contributed by atoms with E-state index in [0.29, 0.717) is 22.2 Å². The van der Waals surface area contributed by atoms with Gasteiger partial charge in [-0.05, 0) is 30.3 Å². The molecule has 2 aromatic carbocycles. The van der Waals surface area contributed by atoms with Gasteiger partial charge in [-0.25, -0.2) is 14.4 Å². The number of halogens is 1. The molecule has 2 N–H and O–H groups in total. The standard InChI is InChI=1S/C12H8FN3/c13-7-1-3-9-11(5-7)15-10-4-2-8(14)6-12(10)16-9/h1-6H,14H2. The van der Waals surface area contributed by atoms with Gasteiger partial charge >= 0.3 is 0 Å². The number of fused-ring (bicyclic) bond motifs is 2. The lowest BCUT2D eigenvalue weighted by atomic mass is 10.2. The first kappa shape index (κ1) is 9.03. The molecule has 0 aliphatic rings. The second-order valence-electron chi connectivity index (χ2n) is 3.60. The van der Waals surface area contributed by atoms with Crippen LogP contribution in [0.5, 0.6) is 0 Å². The molecule has 0 aliphatic carbocycles. The lowest BCUT2D eigenvalue weighted by Crippen LogP contribution is -1.90. The van der Waals surface area contributed by atoms with Crippen LogP contribution in [0, 0.1) is 5.82 Å². The number of hydrogen-bond donors (Lipinski definition) is 1. The predicted molar refractivity (Wildman–Crippen MR) is 61.4 cm³/mol. The highest BCUT2D eigenvalue weighted by Gasteiger charge is 2.02. The summed E-state index contributed by atoms with van der Waals surface area (Å²) in [5.41, 5.74) is 8.96. The molecule has 3 rings (SSSR count). The molecule has 0 unspecified atom stereocenters. The smallest absolute Gasteiger partial charge is 0.125 e. The van der Waals surface area contributed by atoms with E-state index in [9.17, 15) is 4.39 Å². The maximum Gasteiger partial charge on any atom is 0.125 e. The van der Waals surface area contributed by atoms with E-state index in [-0.39, 0.29) is 5.82 Å². The minimum atomic E-state index is -0.309. The monoisotopic (exact) mass is 213 g/mol. The summed E-state index contributed by atoms with van der Waals surface area (Å²) in [6.45, 7) is 0. The van der Waals surface area contributed by atoms with E-state index in [0.717, 1.165) is 5.52 Å². The van der Waals surface area contributed by atoms with Crippen LogP contribution in [0.1, 0.15) is 0 Å².